The van der Waals surface area contributed by atoms with Crippen LogP contribution in [-0.4, -0.2) is 22.9 Å². The minimum atomic E-state index is -1.53. The van der Waals surface area contributed by atoms with Gasteiger partial charge in [-0.1, -0.05) is 49.7 Å². The quantitative estimate of drug-likeness (QED) is 0.394. The molecule has 3 rings (SSSR count). The molecule has 1 aliphatic rings. The fraction of sp³-hybridized carbons (Fsp3) is 0.333. The van der Waals surface area contributed by atoms with E-state index in [1.165, 1.54) is 44.2 Å². The lowest BCUT2D eigenvalue weighted by Gasteiger charge is -2.28. The summed E-state index contributed by atoms with van der Waals surface area (Å²) in [4.78, 5) is 0.994. The molecule has 1 saturated carbocycles. The first-order chi connectivity index (χ1) is 14.2. The summed E-state index contributed by atoms with van der Waals surface area (Å²) >= 11 is 3.29. The van der Waals surface area contributed by atoms with E-state index in [1.54, 1.807) is 24.4 Å². The first-order valence-electron chi connectivity index (χ1n) is 10.1. The van der Waals surface area contributed by atoms with Crippen molar-refractivity contribution in [3.63, 3.8) is 0 Å². The Bertz CT molecular complexity index is 923. The fourth-order valence-corrected chi connectivity index (χ4v) is 5.29. The third-order valence-electron chi connectivity index (χ3n) is 5.10. The molecule has 2 aromatic carbocycles. The van der Waals surface area contributed by atoms with Gasteiger partial charge in [-0.3, -0.25) is 4.72 Å². The smallest absolute Gasteiger partial charge is 0.130 e. The average molecular weight is 496 g/mol. The van der Waals surface area contributed by atoms with Gasteiger partial charge < -0.3 is 10.4 Å². The summed E-state index contributed by atoms with van der Waals surface area (Å²) in [7, 11) is -1.53. The van der Waals surface area contributed by atoms with Crippen LogP contribution in [0.25, 0.3) is 0 Å². The Balaban J connectivity index is 0.000000232. The van der Waals surface area contributed by atoms with Crippen molar-refractivity contribution >= 4 is 37.1 Å². The Morgan fingerprint density at radius 1 is 1.13 bits per heavy atom. The van der Waals surface area contributed by atoms with E-state index < -0.39 is 9.39 Å². The van der Waals surface area contributed by atoms with Crippen molar-refractivity contribution in [2.75, 3.05) is 0 Å². The Labute approximate surface area is 189 Å². The monoisotopic (exact) mass is 494 g/mol. The molecule has 6 heteroatoms. The molecular weight excluding hydrogens is 463 g/mol. The van der Waals surface area contributed by atoms with Crippen LogP contribution in [0.5, 0.6) is 5.75 Å². The van der Waals surface area contributed by atoms with E-state index >= 15 is 0 Å². The van der Waals surface area contributed by atoms with Crippen LogP contribution in [0.15, 0.2) is 64.6 Å². The molecule has 0 saturated heterocycles. The van der Waals surface area contributed by atoms with Gasteiger partial charge in [0.15, 0.2) is 0 Å². The SMILES string of the molecule is C=CN[C@H](C)c1ccc(F)cc1.C=S(=C)(NC1CCCCC1)c1ccc(Br)c(O)c1. The van der Waals surface area contributed by atoms with Crippen LogP contribution in [-0.2, 0) is 0 Å². The van der Waals surface area contributed by atoms with Crippen LogP contribution in [0.2, 0.25) is 0 Å². The molecule has 1 atom stereocenters. The van der Waals surface area contributed by atoms with E-state index in [4.69, 9.17) is 0 Å². The van der Waals surface area contributed by atoms with Gasteiger partial charge in [0.25, 0.3) is 0 Å². The highest BCUT2D eigenvalue weighted by Gasteiger charge is 2.15. The molecule has 164 valence electrons. The summed E-state index contributed by atoms with van der Waals surface area (Å²) in [5, 5.41) is 12.8. The van der Waals surface area contributed by atoms with Crippen LogP contribution in [0.3, 0.4) is 0 Å². The predicted molar refractivity (Wildman–Crippen MR) is 134 cm³/mol. The van der Waals surface area contributed by atoms with E-state index in [1.807, 2.05) is 19.1 Å². The van der Waals surface area contributed by atoms with Crippen molar-refractivity contribution in [1.82, 2.24) is 10.0 Å². The molecule has 0 aliphatic heterocycles. The number of rotatable bonds is 6. The second kappa shape index (κ2) is 11.6. The Morgan fingerprint density at radius 3 is 2.33 bits per heavy atom. The molecule has 3 nitrogen and oxygen atoms in total. The van der Waals surface area contributed by atoms with Gasteiger partial charge in [0.2, 0.25) is 0 Å². The van der Waals surface area contributed by atoms with Crippen LogP contribution in [0, 0.1) is 5.82 Å². The lowest BCUT2D eigenvalue weighted by atomic mass is 9.96. The summed E-state index contributed by atoms with van der Waals surface area (Å²) in [6.45, 7) is 5.55. The molecule has 30 heavy (non-hydrogen) atoms. The second-order valence-corrected chi connectivity index (χ2v) is 10.9. The van der Waals surface area contributed by atoms with Gasteiger partial charge in [-0.25, -0.2) is 4.39 Å². The zero-order chi connectivity index (χ0) is 22.1. The molecule has 0 amide bonds. The van der Waals surface area contributed by atoms with Crippen molar-refractivity contribution in [3.05, 3.63) is 71.1 Å². The van der Waals surface area contributed by atoms with Gasteiger partial charge >= 0.3 is 0 Å². The summed E-state index contributed by atoms with van der Waals surface area (Å²) in [5.74, 6) is 8.53. The van der Waals surface area contributed by atoms with Crippen LogP contribution >= 0.6 is 25.3 Å². The zero-order valence-corrected chi connectivity index (χ0v) is 19.9. The Hall–Kier alpha value is -1.76. The molecule has 0 spiro atoms. The largest absolute Gasteiger partial charge is 0.507 e. The molecule has 0 heterocycles. The topological polar surface area (TPSA) is 44.3 Å². The first-order valence-corrected chi connectivity index (χ1v) is 12.9. The zero-order valence-electron chi connectivity index (χ0n) is 17.5. The number of nitrogens with one attached hydrogen (secondary N) is 2. The molecule has 1 fully saturated rings. The molecule has 3 N–H and O–H groups in total. The number of hydrogen-bond acceptors (Lipinski definition) is 3. The number of phenols is 1. The van der Waals surface area contributed by atoms with Gasteiger partial charge in [-0.2, -0.15) is 0 Å². The maximum Gasteiger partial charge on any atom is 0.130 e. The van der Waals surface area contributed by atoms with E-state index in [2.05, 4.69) is 44.3 Å². The van der Waals surface area contributed by atoms with Crippen molar-refractivity contribution in [3.8, 4) is 5.75 Å². The number of benzene rings is 2. The highest BCUT2D eigenvalue weighted by molar-refractivity contribution is 9.10. The lowest BCUT2D eigenvalue weighted by Crippen LogP contribution is -2.28. The third kappa shape index (κ3) is 7.49. The predicted octanol–water partition coefficient (Wildman–Crippen LogP) is 6.64. The number of aromatic hydroxyl groups is 1. The van der Waals surface area contributed by atoms with Crippen LogP contribution in [0.4, 0.5) is 4.39 Å². The van der Waals surface area contributed by atoms with E-state index in [0.29, 0.717) is 10.5 Å². The molecule has 0 bridgehead atoms. The fourth-order valence-electron chi connectivity index (χ4n) is 3.37. The highest BCUT2D eigenvalue weighted by atomic mass is 79.9. The number of hydrogen-bond donors (Lipinski definition) is 3. The van der Waals surface area contributed by atoms with Crippen LogP contribution in [0.1, 0.15) is 50.6 Å². The average Bonchev–Trinajstić information content (AvgIpc) is 2.71. The number of halogens is 2. The molecule has 0 radical (unpaired) electrons. The Kier molecular flexibility index (Phi) is 9.46. The van der Waals surface area contributed by atoms with Gasteiger partial charge in [0.05, 0.1) is 4.47 Å². The summed E-state index contributed by atoms with van der Waals surface area (Å²) in [5.41, 5.74) is 1.05. The van der Waals surface area contributed by atoms with Gasteiger partial charge in [0, 0.05) is 17.0 Å². The summed E-state index contributed by atoms with van der Waals surface area (Å²) in [6.07, 6.45) is 7.98. The molecule has 2 aromatic rings. The lowest BCUT2D eigenvalue weighted by molar-refractivity contribution is 0.423. The van der Waals surface area contributed by atoms with Gasteiger partial charge in [-0.15, -0.1) is 9.39 Å². The van der Waals surface area contributed by atoms with Crippen molar-refractivity contribution in [2.45, 2.75) is 56.0 Å². The van der Waals surface area contributed by atoms with Crippen molar-refractivity contribution in [1.29, 1.82) is 0 Å². The molecule has 0 aromatic heterocycles. The van der Waals surface area contributed by atoms with Gasteiger partial charge in [-0.05, 0) is 77.8 Å². The maximum atomic E-state index is 12.5. The van der Waals surface area contributed by atoms with E-state index in [0.717, 1.165) is 10.5 Å². The molecular formula is C24H32BrFN2OS. The van der Waals surface area contributed by atoms with Crippen molar-refractivity contribution in [2.24, 2.45) is 0 Å². The molecule has 0 unspecified atom stereocenters. The summed E-state index contributed by atoms with van der Waals surface area (Å²) in [6, 6.07) is 12.7. The minimum Gasteiger partial charge on any atom is -0.507 e. The third-order valence-corrected chi connectivity index (χ3v) is 7.72. The first kappa shape index (κ1) is 24.5. The Morgan fingerprint density at radius 2 is 1.77 bits per heavy atom. The number of phenolic OH excluding ortho intramolecular Hbond substituents is 1. The second-order valence-electron chi connectivity index (χ2n) is 7.59. The van der Waals surface area contributed by atoms with Crippen LogP contribution < -0.4 is 10.0 Å². The highest BCUT2D eigenvalue weighted by Crippen LogP contribution is 2.36. The maximum absolute atomic E-state index is 12.5. The molecule has 1 aliphatic carbocycles. The normalized spacial score (nSPS) is 15.6. The van der Waals surface area contributed by atoms with E-state index in [-0.39, 0.29) is 17.6 Å². The minimum absolute atomic E-state index is 0.183. The standard InChI is InChI=1S/C14H20BrNOS.C10H12FN/c1-18(2,16-11-6-4-3-5-7-11)12-8-9-13(15)14(17)10-12;1-3-12-8(2)9-4-6-10(11)7-5-9/h8-11,16-17H,1-7H2;3-8,12H,1H2,2H3/t;8-/m.1/s1. The van der Waals surface area contributed by atoms with Gasteiger partial charge in [0.1, 0.15) is 11.6 Å². The summed E-state index contributed by atoms with van der Waals surface area (Å²) < 4.78 is 16.8. The van der Waals surface area contributed by atoms with Crippen molar-refractivity contribution < 1.29 is 9.50 Å². The van der Waals surface area contributed by atoms with E-state index in [9.17, 15) is 9.50 Å².